The van der Waals surface area contributed by atoms with E-state index in [4.69, 9.17) is 4.74 Å². The van der Waals surface area contributed by atoms with Gasteiger partial charge in [0.05, 0.1) is 12.6 Å². The highest BCUT2D eigenvalue weighted by Crippen LogP contribution is 2.34. The summed E-state index contributed by atoms with van der Waals surface area (Å²) in [6, 6.07) is 10.1. The second-order valence-electron chi connectivity index (χ2n) is 6.05. The Kier molecular flexibility index (Phi) is 3.92. The lowest BCUT2D eigenvalue weighted by Crippen LogP contribution is -2.33. The molecule has 4 nitrogen and oxygen atoms in total. The lowest BCUT2D eigenvalue weighted by atomic mass is 9.98. The van der Waals surface area contributed by atoms with E-state index < -0.39 is 0 Å². The minimum Gasteiger partial charge on any atom is -0.493 e. The van der Waals surface area contributed by atoms with Gasteiger partial charge in [0.2, 0.25) is 0 Å². The summed E-state index contributed by atoms with van der Waals surface area (Å²) in [7, 11) is 0. The maximum absolute atomic E-state index is 12.6. The molecule has 1 aliphatic heterocycles. The van der Waals surface area contributed by atoms with E-state index in [-0.39, 0.29) is 18.0 Å². The summed E-state index contributed by atoms with van der Waals surface area (Å²) in [4.78, 5) is 12.6. The van der Waals surface area contributed by atoms with Crippen molar-refractivity contribution in [2.24, 2.45) is 0 Å². The van der Waals surface area contributed by atoms with Gasteiger partial charge in [-0.05, 0) is 38.5 Å². The van der Waals surface area contributed by atoms with Crippen LogP contribution < -0.4 is 10.1 Å². The zero-order chi connectivity index (χ0) is 15.7. The Hall–Kier alpha value is -2.23. The van der Waals surface area contributed by atoms with Crippen molar-refractivity contribution in [1.82, 2.24) is 9.88 Å². The van der Waals surface area contributed by atoms with Gasteiger partial charge in [0.15, 0.2) is 0 Å². The summed E-state index contributed by atoms with van der Waals surface area (Å²) < 4.78 is 7.75. The molecule has 0 saturated carbocycles. The summed E-state index contributed by atoms with van der Waals surface area (Å²) in [6.07, 6.45) is 2.74. The molecule has 1 N–H and O–H groups in total. The molecule has 2 heterocycles. The Morgan fingerprint density at radius 2 is 2.14 bits per heavy atom. The molecule has 3 rings (SSSR count). The molecular formula is C18H22N2O2. The van der Waals surface area contributed by atoms with Gasteiger partial charge < -0.3 is 14.6 Å². The molecule has 2 aromatic rings. The highest BCUT2D eigenvalue weighted by molar-refractivity contribution is 5.93. The first-order chi connectivity index (χ1) is 10.6. The van der Waals surface area contributed by atoms with Crippen LogP contribution in [0, 0.1) is 6.92 Å². The molecule has 0 aliphatic carbocycles. The highest BCUT2D eigenvalue weighted by Gasteiger charge is 2.25. The Morgan fingerprint density at radius 1 is 1.32 bits per heavy atom. The van der Waals surface area contributed by atoms with Crippen LogP contribution in [0.4, 0.5) is 0 Å². The molecule has 1 amide bonds. The Bertz CT molecular complexity index is 688. The third-order valence-corrected chi connectivity index (χ3v) is 4.14. The van der Waals surface area contributed by atoms with Gasteiger partial charge in [-0.25, -0.2) is 0 Å². The molecule has 0 unspecified atom stereocenters. The van der Waals surface area contributed by atoms with Gasteiger partial charge in [-0.2, -0.15) is 0 Å². The SMILES string of the molecule is Cc1cccc2c1OCC[C@@H]2NC(=O)c1cccn1C(C)C. The number of hydrogen-bond donors (Lipinski definition) is 1. The number of nitrogens with one attached hydrogen (secondary N) is 1. The summed E-state index contributed by atoms with van der Waals surface area (Å²) in [5, 5.41) is 3.16. The average Bonchev–Trinajstić information content (AvgIpc) is 2.98. The van der Waals surface area contributed by atoms with Crippen molar-refractivity contribution in [1.29, 1.82) is 0 Å². The van der Waals surface area contributed by atoms with E-state index in [1.807, 2.05) is 48.0 Å². The smallest absolute Gasteiger partial charge is 0.268 e. The van der Waals surface area contributed by atoms with Crippen molar-refractivity contribution in [3.05, 3.63) is 53.3 Å². The molecule has 1 aromatic heterocycles. The molecule has 116 valence electrons. The van der Waals surface area contributed by atoms with Gasteiger partial charge >= 0.3 is 0 Å². The van der Waals surface area contributed by atoms with Crippen LogP contribution >= 0.6 is 0 Å². The first-order valence-electron chi connectivity index (χ1n) is 7.78. The van der Waals surface area contributed by atoms with E-state index in [0.717, 1.165) is 23.3 Å². The average molecular weight is 298 g/mol. The number of fused-ring (bicyclic) bond motifs is 1. The van der Waals surface area contributed by atoms with Crippen molar-refractivity contribution >= 4 is 5.91 Å². The van der Waals surface area contributed by atoms with Crippen molar-refractivity contribution in [2.45, 2.75) is 39.3 Å². The van der Waals surface area contributed by atoms with Crippen molar-refractivity contribution in [3.8, 4) is 5.75 Å². The maximum atomic E-state index is 12.6. The first-order valence-corrected chi connectivity index (χ1v) is 7.78. The topological polar surface area (TPSA) is 43.3 Å². The predicted octanol–water partition coefficient (Wildman–Crippen LogP) is 3.63. The maximum Gasteiger partial charge on any atom is 0.268 e. The number of carbonyl (C=O) groups excluding carboxylic acids is 1. The van der Waals surface area contributed by atoms with Crippen LogP contribution in [0.3, 0.4) is 0 Å². The highest BCUT2D eigenvalue weighted by atomic mass is 16.5. The summed E-state index contributed by atoms with van der Waals surface area (Å²) in [5.74, 6) is 0.886. The fraction of sp³-hybridized carbons (Fsp3) is 0.389. The zero-order valence-electron chi connectivity index (χ0n) is 13.3. The van der Waals surface area contributed by atoms with Crippen molar-refractivity contribution < 1.29 is 9.53 Å². The summed E-state index contributed by atoms with van der Waals surface area (Å²) in [6.45, 7) is 6.81. The molecule has 22 heavy (non-hydrogen) atoms. The van der Waals surface area contributed by atoms with Gasteiger partial charge in [-0.15, -0.1) is 0 Å². The predicted molar refractivity (Wildman–Crippen MR) is 86.3 cm³/mol. The third kappa shape index (κ3) is 2.61. The summed E-state index contributed by atoms with van der Waals surface area (Å²) in [5.41, 5.74) is 2.89. The number of benzene rings is 1. The second kappa shape index (κ2) is 5.87. The van der Waals surface area contributed by atoms with Crippen LogP contribution in [0.2, 0.25) is 0 Å². The minimum atomic E-state index is -0.0296. The number of aryl methyl sites for hydroxylation is 1. The fourth-order valence-electron chi connectivity index (χ4n) is 3.00. The van der Waals surface area contributed by atoms with E-state index in [1.165, 1.54) is 0 Å². The van der Waals surface area contributed by atoms with Crippen LogP contribution in [-0.2, 0) is 0 Å². The van der Waals surface area contributed by atoms with Gasteiger partial charge in [0.1, 0.15) is 11.4 Å². The van der Waals surface area contributed by atoms with Crippen LogP contribution in [-0.4, -0.2) is 17.1 Å². The molecule has 0 bridgehead atoms. The van der Waals surface area contributed by atoms with Gasteiger partial charge in [-0.3, -0.25) is 4.79 Å². The van der Waals surface area contributed by atoms with Gasteiger partial charge in [0.25, 0.3) is 5.91 Å². The molecule has 0 radical (unpaired) electrons. The fourth-order valence-corrected chi connectivity index (χ4v) is 3.00. The number of aromatic nitrogens is 1. The van der Waals surface area contributed by atoms with E-state index in [9.17, 15) is 4.79 Å². The molecular weight excluding hydrogens is 276 g/mol. The molecule has 1 atom stereocenters. The van der Waals surface area contributed by atoms with E-state index in [0.29, 0.717) is 12.3 Å². The minimum absolute atomic E-state index is 0.00617. The second-order valence-corrected chi connectivity index (χ2v) is 6.05. The Balaban J connectivity index is 1.84. The van der Waals surface area contributed by atoms with Crippen molar-refractivity contribution in [3.63, 3.8) is 0 Å². The van der Waals surface area contributed by atoms with E-state index in [1.54, 1.807) is 0 Å². The zero-order valence-corrected chi connectivity index (χ0v) is 13.3. The Labute approximate surface area is 131 Å². The number of carbonyl (C=O) groups is 1. The number of nitrogens with zero attached hydrogens (tertiary/aromatic N) is 1. The largest absolute Gasteiger partial charge is 0.493 e. The lowest BCUT2D eigenvalue weighted by Gasteiger charge is -2.28. The molecule has 0 fully saturated rings. The van der Waals surface area contributed by atoms with Gasteiger partial charge in [-0.1, -0.05) is 18.2 Å². The van der Waals surface area contributed by atoms with Crippen molar-refractivity contribution in [2.75, 3.05) is 6.61 Å². The van der Waals surface area contributed by atoms with Crippen LogP contribution in [0.5, 0.6) is 5.75 Å². The molecule has 1 aromatic carbocycles. The number of amides is 1. The normalized spacial score (nSPS) is 17.0. The lowest BCUT2D eigenvalue weighted by molar-refractivity contribution is 0.0913. The number of ether oxygens (including phenoxy) is 1. The van der Waals surface area contributed by atoms with Crippen LogP contribution in [0.25, 0.3) is 0 Å². The number of rotatable bonds is 3. The molecule has 1 aliphatic rings. The van der Waals surface area contributed by atoms with Gasteiger partial charge in [0, 0.05) is 24.2 Å². The monoisotopic (exact) mass is 298 g/mol. The first kappa shape index (κ1) is 14.7. The third-order valence-electron chi connectivity index (χ3n) is 4.14. The number of hydrogen-bond acceptors (Lipinski definition) is 2. The molecule has 0 saturated heterocycles. The van der Waals surface area contributed by atoms with Crippen LogP contribution in [0.1, 0.15) is 54.0 Å². The number of para-hydroxylation sites is 1. The Morgan fingerprint density at radius 3 is 2.91 bits per heavy atom. The quantitative estimate of drug-likeness (QED) is 0.940. The summed E-state index contributed by atoms with van der Waals surface area (Å²) >= 11 is 0. The molecule has 4 heteroatoms. The van der Waals surface area contributed by atoms with E-state index in [2.05, 4.69) is 19.2 Å². The standard InChI is InChI=1S/C18H22N2O2/c1-12(2)20-10-5-8-16(20)18(21)19-15-9-11-22-17-13(3)6-4-7-14(15)17/h4-8,10,12,15H,9,11H2,1-3H3,(H,19,21)/t15-/m0/s1. The van der Waals surface area contributed by atoms with Crippen LogP contribution in [0.15, 0.2) is 36.5 Å². The molecule has 0 spiro atoms. The van der Waals surface area contributed by atoms with E-state index >= 15 is 0 Å².